The van der Waals surface area contributed by atoms with Crippen molar-refractivity contribution in [2.75, 3.05) is 6.54 Å². The number of nitrogens with one attached hydrogen (secondary N) is 1. The van der Waals surface area contributed by atoms with Crippen LogP contribution in [0.1, 0.15) is 21.6 Å². The molecular weight excluding hydrogens is 268 g/mol. The normalized spacial score (nSPS) is 10.3. The van der Waals surface area contributed by atoms with Gasteiger partial charge < -0.3 is 5.32 Å². The minimum absolute atomic E-state index is 0.0756. The number of carbonyl (C=O) groups is 1. The first kappa shape index (κ1) is 13.1. The summed E-state index contributed by atoms with van der Waals surface area (Å²) in [7, 11) is 0. The van der Waals surface area contributed by atoms with Crippen LogP contribution in [0.3, 0.4) is 0 Å². The smallest absolute Gasteiger partial charge is 0.254 e. The molecule has 0 saturated heterocycles. The summed E-state index contributed by atoms with van der Waals surface area (Å²) < 4.78 is 4.08. The summed E-state index contributed by atoms with van der Waals surface area (Å²) >= 11 is 7.34. The Hall–Kier alpha value is -1.39. The van der Waals surface area contributed by atoms with Crippen LogP contribution in [0.5, 0.6) is 0 Å². The maximum absolute atomic E-state index is 11.8. The lowest BCUT2D eigenvalue weighted by Crippen LogP contribution is -2.25. The van der Waals surface area contributed by atoms with Crippen LogP contribution < -0.4 is 5.32 Å². The van der Waals surface area contributed by atoms with Gasteiger partial charge in [0, 0.05) is 16.9 Å². The molecule has 1 amide bonds. The summed E-state index contributed by atoms with van der Waals surface area (Å²) in [4.78, 5) is 11.8. The molecule has 0 spiro atoms. The molecule has 1 heterocycles. The highest BCUT2D eigenvalue weighted by Crippen LogP contribution is 2.15. The van der Waals surface area contributed by atoms with Crippen molar-refractivity contribution in [3.8, 4) is 0 Å². The quantitative estimate of drug-likeness (QED) is 0.935. The largest absolute Gasteiger partial charge is 0.352 e. The van der Waals surface area contributed by atoms with Crippen LogP contribution in [0.4, 0.5) is 0 Å². The molecule has 0 aliphatic heterocycles. The fourth-order valence-corrected chi connectivity index (χ4v) is 2.54. The summed E-state index contributed by atoms with van der Waals surface area (Å²) in [5, 5.41) is 5.37. The highest BCUT2D eigenvalue weighted by atomic mass is 35.5. The van der Waals surface area contributed by atoms with E-state index in [4.69, 9.17) is 11.6 Å². The van der Waals surface area contributed by atoms with E-state index in [1.807, 2.05) is 31.2 Å². The van der Waals surface area contributed by atoms with Gasteiger partial charge in [-0.3, -0.25) is 4.79 Å². The van der Waals surface area contributed by atoms with Gasteiger partial charge in [-0.2, -0.15) is 4.37 Å². The second-order valence-electron chi connectivity index (χ2n) is 3.91. The second-order valence-corrected chi connectivity index (χ2v) is 4.95. The number of aryl methyl sites for hydroxylation is 1. The number of amides is 1. The summed E-state index contributed by atoms with van der Waals surface area (Å²) in [5.74, 6) is -0.0756. The van der Waals surface area contributed by atoms with Crippen molar-refractivity contribution in [2.45, 2.75) is 13.3 Å². The van der Waals surface area contributed by atoms with E-state index in [9.17, 15) is 4.79 Å². The summed E-state index contributed by atoms with van der Waals surface area (Å²) in [6, 6.07) is 7.65. The summed E-state index contributed by atoms with van der Waals surface area (Å²) in [6.45, 7) is 2.40. The molecule has 2 rings (SSSR count). The molecule has 1 aromatic carbocycles. The van der Waals surface area contributed by atoms with Gasteiger partial charge in [-0.1, -0.05) is 29.8 Å². The fraction of sp³-hybridized carbons (Fsp3) is 0.231. The Bertz CT molecular complexity index is 553. The molecule has 1 N–H and O–H groups in total. The van der Waals surface area contributed by atoms with Crippen LogP contribution in [0.15, 0.2) is 29.6 Å². The van der Waals surface area contributed by atoms with E-state index >= 15 is 0 Å². The van der Waals surface area contributed by atoms with Crippen molar-refractivity contribution >= 4 is 29.0 Å². The Balaban J connectivity index is 1.88. The number of aromatic nitrogens is 1. The van der Waals surface area contributed by atoms with Crippen LogP contribution in [0, 0.1) is 6.92 Å². The first-order chi connectivity index (χ1) is 8.68. The third-order valence-electron chi connectivity index (χ3n) is 2.63. The van der Waals surface area contributed by atoms with Gasteiger partial charge in [0.25, 0.3) is 5.91 Å². The standard InChI is InChI=1S/C13H13ClN2OS/c1-9-11(8-18-16-9)13(17)15-7-6-10-4-2-3-5-12(10)14/h2-5,8H,6-7H2,1H3,(H,15,17). The van der Waals surface area contributed by atoms with E-state index in [0.717, 1.165) is 22.7 Å². The molecule has 94 valence electrons. The van der Waals surface area contributed by atoms with E-state index in [0.29, 0.717) is 12.1 Å². The molecule has 2 aromatic rings. The van der Waals surface area contributed by atoms with E-state index < -0.39 is 0 Å². The summed E-state index contributed by atoms with van der Waals surface area (Å²) in [5.41, 5.74) is 2.47. The molecule has 0 unspecified atom stereocenters. The molecule has 0 bridgehead atoms. The Morgan fingerprint density at radius 3 is 2.89 bits per heavy atom. The van der Waals surface area contributed by atoms with Crippen molar-refractivity contribution in [3.05, 3.63) is 51.5 Å². The summed E-state index contributed by atoms with van der Waals surface area (Å²) in [6.07, 6.45) is 0.724. The Labute approximate surface area is 115 Å². The molecule has 5 heteroatoms. The highest BCUT2D eigenvalue weighted by molar-refractivity contribution is 7.03. The minimum Gasteiger partial charge on any atom is -0.352 e. The van der Waals surface area contributed by atoms with Gasteiger partial charge in [-0.05, 0) is 36.5 Å². The van der Waals surface area contributed by atoms with Gasteiger partial charge in [0.1, 0.15) is 0 Å². The number of hydrogen-bond acceptors (Lipinski definition) is 3. The number of carbonyl (C=O) groups excluding carboxylic acids is 1. The molecular formula is C13H13ClN2OS. The van der Waals surface area contributed by atoms with E-state index in [1.54, 1.807) is 5.38 Å². The van der Waals surface area contributed by atoms with Crippen LogP contribution in [0.25, 0.3) is 0 Å². The molecule has 0 aliphatic carbocycles. The van der Waals surface area contributed by atoms with Crippen LogP contribution in [0.2, 0.25) is 5.02 Å². The van der Waals surface area contributed by atoms with Crippen LogP contribution in [-0.4, -0.2) is 16.8 Å². The van der Waals surface area contributed by atoms with Crippen molar-refractivity contribution < 1.29 is 4.79 Å². The van der Waals surface area contributed by atoms with Gasteiger partial charge in [-0.25, -0.2) is 0 Å². The number of nitrogens with zero attached hydrogens (tertiary/aromatic N) is 1. The molecule has 0 radical (unpaired) electrons. The van der Waals surface area contributed by atoms with Crippen molar-refractivity contribution in [3.63, 3.8) is 0 Å². The zero-order chi connectivity index (χ0) is 13.0. The molecule has 0 atom stereocenters. The first-order valence-corrected chi connectivity index (χ1v) is 6.82. The molecule has 0 saturated carbocycles. The Morgan fingerprint density at radius 1 is 1.44 bits per heavy atom. The maximum Gasteiger partial charge on any atom is 0.254 e. The lowest BCUT2D eigenvalue weighted by atomic mass is 10.1. The minimum atomic E-state index is -0.0756. The van der Waals surface area contributed by atoms with E-state index in [2.05, 4.69) is 9.69 Å². The van der Waals surface area contributed by atoms with Gasteiger partial charge >= 0.3 is 0 Å². The third kappa shape index (κ3) is 3.09. The zero-order valence-electron chi connectivity index (χ0n) is 9.94. The Kier molecular flexibility index (Phi) is 4.33. The number of benzene rings is 1. The predicted molar refractivity (Wildman–Crippen MR) is 74.3 cm³/mol. The average molecular weight is 281 g/mol. The van der Waals surface area contributed by atoms with Crippen molar-refractivity contribution in [2.24, 2.45) is 0 Å². The van der Waals surface area contributed by atoms with Crippen molar-refractivity contribution in [1.29, 1.82) is 0 Å². The van der Waals surface area contributed by atoms with Gasteiger partial charge in [-0.15, -0.1) is 0 Å². The molecule has 0 aliphatic rings. The monoisotopic (exact) mass is 280 g/mol. The molecule has 3 nitrogen and oxygen atoms in total. The predicted octanol–water partition coefficient (Wildman–Crippen LogP) is 3.08. The number of hydrogen-bond donors (Lipinski definition) is 1. The topological polar surface area (TPSA) is 42.0 Å². The van der Waals surface area contributed by atoms with Crippen LogP contribution >= 0.6 is 23.1 Å². The lowest BCUT2D eigenvalue weighted by Gasteiger charge is -2.06. The van der Waals surface area contributed by atoms with Crippen LogP contribution in [-0.2, 0) is 6.42 Å². The first-order valence-electron chi connectivity index (χ1n) is 5.61. The maximum atomic E-state index is 11.8. The van der Waals surface area contributed by atoms with Gasteiger partial charge in [0.2, 0.25) is 0 Å². The SMILES string of the molecule is Cc1nscc1C(=O)NCCc1ccccc1Cl. The van der Waals surface area contributed by atoms with E-state index in [-0.39, 0.29) is 5.91 Å². The van der Waals surface area contributed by atoms with Gasteiger partial charge in [0.15, 0.2) is 0 Å². The molecule has 18 heavy (non-hydrogen) atoms. The molecule has 0 fully saturated rings. The fourth-order valence-electron chi connectivity index (χ4n) is 1.62. The van der Waals surface area contributed by atoms with E-state index in [1.165, 1.54) is 11.5 Å². The number of halogens is 1. The van der Waals surface area contributed by atoms with Gasteiger partial charge in [0.05, 0.1) is 11.3 Å². The molecule has 1 aromatic heterocycles. The third-order valence-corrected chi connectivity index (χ3v) is 3.72. The lowest BCUT2D eigenvalue weighted by molar-refractivity contribution is 0.0954. The average Bonchev–Trinajstić information content (AvgIpc) is 2.78. The zero-order valence-corrected chi connectivity index (χ0v) is 11.5. The Morgan fingerprint density at radius 2 is 2.22 bits per heavy atom. The highest BCUT2D eigenvalue weighted by Gasteiger charge is 2.10. The second kappa shape index (κ2) is 5.98. The number of rotatable bonds is 4. The van der Waals surface area contributed by atoms with Crippen molar-refractivity contribution in [1.82, 2.24) is 9.69 Å².